The number of para-hydroxylation sites is 1. The number of carbonyl (C=O) groups is 1. The Morgan fingerprint density at radius 3 is 2.39 bits per heavy atom. The number of anilines is 1. The molecule has 3 aromatic carbocycles. The average Bonchev–Trinajstić information content (AvgIpc) is 2.77. The standard InChI is InChI=1S/C25H26N2O/c28-25(23-15-13-21(14-16-23)20-8-2-1-3-9-20)26-17-7-19-27-18-6-11-22-10-4-5-12-24(22)27/h1-5,8-10,12-16H,6-7,11,17-19H2,(H,26,28). The zero-order chi connectivity index (χ0) is 19.2. The Hall–Kier alpha value is -3.07. The molecule has 1 N–H and O–H groups in total. The predicted molar refractivity (Wildman–Crippen MR) is 116 cm³/mol. The lowest BCUT2D eigenvalue weighted by Crippen LogP contribution is -2.33. The third-order valence-corrected chi connectivity index (χ3v) is 5.35. The first-order chi connectivity index (χ1) is 13.8. The number of nitrogens with zero attached hydrogens (tertiary/aromatic N) is 1. The summed E-state index contributed by atoms with van der Waals surface area (Å²) < 4.78 is 0. The van der Waals surface area contributed by atoms with Crippen LogP contribution >= 0.6 is 0 Å². The first-order valence-electron chi connectivity index (χ1n) is 10.1. The normalized spacial score (nSPS) is 13.1. The van der Waals surface area contributed by atoms with E-state index in [9.17, 15) is 4.79 Å². The number of hydrogen-bond acceptors (Lipinski definition) is 2. The summed E-state index contributed by atoms with van der Waals surface area (Å²) in [6, 6.07) is 26.7. The van der Waals surface area contributed by atoms with Gasteiger partial charge in [0.2, 0.25) is 0 Å². The smallest absolute Gasteiger partial charge is 0.251 e. The minimum absolute atomic E-state index is 0.00124. The van der Waals surface area contributed by atoms with Crippen molar-refractivity contribution in [3.63, 3.8) is 0 Å². The van der Waals surface area contributed by atoms with E-state index >= 15 is 0 Å². The SMILES string of the molecule is O=C(NCCCN1CCCc2ccccc21)c1ccc(-c2ccccc2)cc1. The molecule has 0 saturated carbocycles. The van der Waals surface area contributed by atoms with Gasteiger partial charge in [-0.05, 0) is 54.2 Å². The average molecular weight is 370 g/mol. The molecule has 0 spiro atoms. The molecule has 3 nitrogen and oxygen atoms in total. The second-order valence-corrected chi connectivity index (χ2v) is 7.27. The first kappa shape index (κ1) is 18.3. The molecule has 4 rings (SSSR count). The molecule has 1 aliphatic rings. The summed E-state index contributed by atoms with van der Waals surface area (Å²) >= 11 is 0. The van der Waals surface area contributed by atoms with Gasteiger partial charge in [-0.1, -0.05) is 60.7 Å². The van der Waals surface area contributed by atoms with Crippen LogP contribution in [0.2, 0.25) is 0 Å². The van der Waals surface area contributed by atoms with Crippen molar-refractivity contribution in [3.8, 4) is 11.1 Å². The van der Waals surface area contributed by atoms with Crippen LogP contribution in [0, 0.1) is 0 Å². The van der Waals surface area contributed by atoms with Gasteiger partial charge < -0.3 is 10.2 Å². The summed E-state index contributed by atoms with van der Waals surface area (Å²) in [4.78, 5) is 14.9. The molecule has 1 amide bonds. The Morgan fingerprint density at radius 2 is 1.57 bits per heavy atom. The number of rotatable bonds is 6. The van der Waals surface area contributed by atoms with Crippen molar-refractivity contribution in [1.29, 1.82) is 0 Å². The van der Waals surface area contributed by atoms with Crippen LogP contribution in [0.15, 0.2) is 78.9 Å². The fourth-order valence-electron chi connectivity index (χ4n) is 3.86. The van der Waals surface area contributed by atoms with E-state index in [0.29, 0.717) is 12.1 Å². The van der Waals surface area contributed by atoms with Crippen molar-refractivity contribution in [1.82, 2.24) is 5.32 Å². The highest BCUT2D eigenvalue weighted by Gasteiger charge is 2.15. The fourth-order valence-corrected chi connectivity index (χ4v) is 3.86. The Kier molecular flexibility index (Phi) is 5.72. The maximum absolute atomic E-state index is 12.4. The van der Waals surface area contributed by atoms with Crippen LogP contribution < -0.4 is 10.2 Å². The number of carbonyl (C=O) groups excluding carboxylic acids is 1. The molecule has 0 atom stereocenters. The Bertz CT molecular complexity index is 919. The largest absolute Gasteiger partial charge is 0.371 e. The molecular weight excluding hydrogens is 344 g/mol. The number of nitrogens with one attached hydrogen (secondary N) is 1. The van der Waals surface area contributed by atoms with E-state index in [4.69, 9.17) is 0 Å². The van der Waals surface area contributed by atoms with E-state index in [-0.39, 0.29) is 5.91 Å². The summed E-state index contributed by atoms with van der Waals surface area (Å²) in [5, 5.41) is 3.06. The highest BCUT2D eigenvalue weighted by Crippen LogP contribution is 2.26. The van der Waals surface area contributed by atoms with Crippen LogP contribution in [0.5, 0.6) is 0 Å². The Morgan fingerprint density at radius 1 is 0.857 bits per heavy atom. The van der Waals surface area contributed by atoms with Crippen LogP contribution in [0.4, 0.5) is 5.69 Å². The fraction of sp³-hybridized carbons (Fsp3) is 0.240. The maximum atomic E-state index is 12.4. The van der Waals surface area contributed by atoms with Crippen molar-refractivity contribution >= 4 is 11.6 Å². The molecule has 0 fully saturated rings. The zero-order valence-corrected chi connectivity index (χ0v) is 16.1. The lowest BCUT2D eigenvalue weighted by atomic mass is 10.0. The third kappa shape index (κ3) is 4.25. The molecular formula is C25H26N2O. The molecule has 1 aliphatic heterocycles. The van der Waals surface area contributed by atoms with E-state index < -0.39 is 0 Å². The van der Waals surface area contributed by atoms with Gasteiger partial charge in [-0.15, -0.1) is 0 Å². The van der Waals surface area contributed by atoms with Gasteiger partial charge >= 0.3 is 0 Å². The van der Waals surface area contributed by atoms with Gasteiger partial charge in [0.05, 0.1) is 0 Å². The van der Waals surface area contributed by atoms with Crippen molar-refractivity contribution < 1.29 is 4.79 Å². The lowest BCUT2D eigenvalue weighted by Gasteiger charge is -2.31. The van der Waals surface area contributed by atoms with Gasteiger partial charge in [0.15, 0.2) is 0 Å². The van der Waals surface area contributed by atoms with Crippen LogP contribution in [0.25, 0.3) is 11.1 Å². The number of fused-ring (bicyclic) bond motifs is 1. The summed E-state index contributed by atoms with van der Waals surface area (Å²) in [6.07, 6.45) is 3.32. The molecule has 0 saturated heterocycles. The predicted octanol–water partition coefficient (Wildman–Crippen LogP) is 4.93. The minimum atomic E-state index is -0.00124. The van der Waals surface area contributed by atoms with Crippen LogP contribution in [0.3, 0.4) is 0 Å². The van der Waals surface area contributed by atoms with Crippen molar-refractivity contribution in [3.05, 3.63) is 90.0 Å². The van der Waals surface area contributed by atoms with Gasteiger partial charge in [-0.3, -0.25) is 4.79 Å². The van der Waals surface area contributed by atoms with Gasteiger partial charge in [0.25, 0.3) is 5.91 Å². The zero-order valence-electron chi connectivity index (χ0n) is 16.1. The second kappa shape index (κ2) is 8.75. The van der Waals surface area contributed by atoms with Crippen LogP contribution in [0.1, 0.15) is 28.8 Å². The minimum Gasteiger partial charge on any atom is -0.371 e. The number of hydrogen-bond donors (Lipinski definition) is 1. The summed E-state index contributed by atoms with van der Waals surface area (Å²) in [5.41, 5.74) is 5.80. The molecule has 0 bridgehead atoms. The molecule has 0 radical (unpaired) electrons. The second-order valence-electron chi connectivity index (χ2n) is 7.27. The van der Waals surface area contributed by atoms with Gasteiger partial charge in [0, 0.05) is 30.9 Å². The van der Waals surface area contributed by atoms with E-state index in [1.807, 2.05) is 42.5 Å². The topological polar surface area (TPSA) is 32.3 Å². The molecule has 3 heteroatoms. The van der Waals surface area contributed by atoms with E-state index in [0.717, 1.165) is 30.6 Å². The van der Waals surface area contributed by atoms with Gasteiger partial charge in [-0.25, -0.2) is 0 Å². The molecule has 28 heavy (non-hydrogen) atoms. The molecule has 0 aromatic heterocycles. The van der Waals surface area contributed by atoms with Gasteiger partial charge in [0.1, 0.15) is 0 Å². The third-order valence-electron chi connectivity index (χ3n) is 5.35. The highest BCUT2D eigenvalue weighted by molar-refractivity contribution is 5.94. The quantitative estimate of drug-likeness (QED) is 0.624. The highest BCUT2D eigenvalue weighted by atomic mass is 16.1. The van der Waals surface area contributed by atoms with Crippen molar-refractivity contribution in [2.45, 2.75) is 19.3 Å². The monoisotopic (exact) mass is 370 g/mol. The maximum Gasteiger partial charge on any atom is 0.251 e. The Balaban J connectivity index is 1.27. The molecule has 0 aliphatic carbocycles. The first-order valence-corrected chi connectivity index (χ1v) is 10.1. The van der Waals surface area contributed by atoms with E-state index in [2.05, 4.69) is 46.6 Å². The van der Waals surface area contributed by atoms with Crippen LogP contribution in [-0.4, -0.2) is 25.5 Å². The summed E-state index contributed by atoms with van der Waals surface area (Å²) in [5.74, 6) is -0.00124. The van der Waals surface area contributed by atoms with Crippen molar-refractivity contribution in [2.75, 3.05) is 24.5 Å². The van der Waals surface area contributed by atoms with Crippen LogP contribution in [-0.2, 0) is 6.42 Å². The molecule has 1 heterocycles. The molecule has 3 aromatic rings. The summed E-state index contributed by atoms with van der Waals surface area (Å²) in [6.45, 7) is 2.77. The van der Waals surface area contributed by atoms with Crippen molar-refractivity contribution in [2.24, 2.45) is 0 Å². The molecule has 142 valence electrons. The Labute approximate surface area is 167 Å². The van der Waals surface area contributed by atoms with Gasteiger partial charge in [-0.2, -0.15) is 0 Å². The number of benzene rings is 3. The lowest BCUT2D eigenvalue weighted by molar-refractivity contribution is 0.0953. The number of amides is 1. The van der Waals surface area contributed by atoms with E-state index in [1.54, 1.807) is 0 Å². The van der Waals surface area contributed by atoms with E-state index in [1.165, 1.54) is 24.1 Å². The molecule has 0 unspecified atom stereocenters. The number of aryl methyl sites for hydroxylation is 1. The summed E-state index contributed by atoms with van der Waals surface area (Å²) in [7, 11) is 0.